The number of thiazole rings is 1. The van der Waals surface area contributed by atoms with E-state index in [1.807, 2.05) is 54.6 Å². The Kier molecular flexibility index (Phi) is 6.33. The number of aromatic nitrogens is 1. The third kappa shape index (κ3) is 4.28. The summed E-state index contributed by atoms with van der Waals surface area (Å²) in [5.41, 5.74) is 3.64. The molecular weight excluding hydrogens is 436 g/mol. The molecule has 170 valence electrons. The summed E-state index contributed by atoms with van der Waals surface area (Å²) in [7, 11) is 2.96. The summed E-state index contributed by atoms with van der Waals surface area (Å²) in [4.78, 5) is 31.4. The monoisotopic (exact) mass is 462 g/mol. The predicted molar refractivity (Wildman–Crippen MR) is 129 cm³/mol. The highest BCUT2D eigenvalue weighted by Gasteiger charge is 2.33. The fourth-order valence-electron chi connectivity index (χ4n) is 3.92. The summed E-state index contributed by atoms with van der Waals surface area (Å²) in [6.07, 6.45) is 1.83. The largest absolute Gasteiger partial charge is 0.497 e. The van der Waals surface area contributed by atoms with Crippen molar-refractivity contribution in [3.05, 3.63) is 96.2 Å². The average Bonchev–Trinajstić information content (AvgIpc) is 3.12. The van der Waals surface area contributed by atoms with E-state index in [-0.39, 0.29) is 5.56 Å². The normalized spacial score (nSPS) is 15.9. The van der Waals surface area contributed by atoms with E-state index in [0.717, 1.165) is 16.9 Å². The summed E-state index contributed by atoms with van der Waals surface area (Å²) < 4.78 is 12.4. The lowest BCUT2D eigenvalue weighted by Gasteiger charge is -2.24. The van der Waals surface area contributed by atoms with Crippen molar-refractivity contribution in [1.82, 2.24) is 4.57 Å². The van der Waals surface area contributed by atoms with Crippen molar-refractivity contribution in [2.75, 3.05) is 14.2 Å². The number of rotatable bonds is 5. The highest BCUT2D eigenvalue weighted by Crippen LogP contribution is 2.31. The maximum atomic E-state index is 13.5. The van der Waals surface area contributed by atoms with Gasteiger partial charge in [-0.05, 0) is 47.7 Å². The number of hydrogen-bond donors (Lipinski definition) is 0. The number of benzene rings is 2. The Balaban J connectivity index is 1.91. The first-order chi connectivity index (χ1) is 15.8. The smallest absolute Gasteiger partial charge is 0.338 e. The van der Waals surface area contributed by atoms with Crippen molar-refractivity contribution in [2.45, 2.75) is 32.7 Å². The first-order valence-electron chi connectivity index (χ1n) is 10.7. The number of methoxy groups -OCH3 is 2. The Labute approximate surface area is 196 Å². The molecule has 2 aromatic carbocycles. The van der Waals surface area contributed by atoms with Gasteiger partial charge in [-0.1, -0.05) is 61.6 Å². The average molecular weight is 463 g/mol. The molecule has 1 unspecified atom stereocenters. The van der Waals surface area contributed by atoms with Crippen LogP contribution in [-0.2, 0) is 9.53 Å². The molecule has 6 nitrogen and oxygen atoms in total. The van der Waals surface area contributed by atoms with Gasteiger partial charge in [0.15, 0.2) is 4.80 Å². The first kappa shape index (κ1) is 22.7. The molecule has 0 radical (unpaired) electrons. The van der Waals surface area contributed by atoms with Gasteiger partial charge < -0.3 is 9.47 Å². The lowest BCUT2D eigenvalue weighted by Crippen LogP contribution is -2.39. The number of nitrogens with zero attached hydrogens (tertiary/aromatic N) is 2. The minimum Gasteiger partial charge on any atom is -0.497 e. The Hall–Kier alpha value is -3.45. The number of hydrogen-bond acceptors (Lipinski definition) is 6. The number of carbonyl (C=O) groups excluding carboxylic acids is 1. The molecule has 0 aliphatic carbocycles. The lowest BCUT2D eigenvalue weighted by atomic mass is 9.93. The molecule has 7 heteroatoms. The Bertz CT molecular complexity index is 1390. The topological polar surface area (TPSA) is 69.9 Å². The van der Waals surface area contributed by atoms with E-state index in [2.05, 4.69) is 18.8 Å². The molecule has 0 bridgehead atoms. The number of allylic oxidation sites excluding steroid dienone is 1. The maximum Gasteiger partial charge on any atom is 0.338 e. The van der Waals surface area contributed by atoms with Gasteiger partial charge in [0.05, 0.1) is 36.1 Å². The maximum absolute atomic E-state index is 13.5. The zero-order valence-electron chi connectivity index (χ0n) is 19.3. The fraction of sp³-hybridized carbons (Fsp3) is 0.269. The van der Waals surface area contributed by atoms with Gasteiger partial charge in [-0.2, -0.15) is 0 Å². The third-order valence-electron chi connectivity index (χ3n) is 5.76. The van der Waals surface area contributed by atoms with Crippen LogP contribution < -0.4 is 19.6 Å². The second-order valence-electron chi connectivity index (χ2n) is 8.17. The van der Waals surface area contributed by atoms with E-state index in [1.165, 1.54) is 24.0 Å². The molecular formula is C26H26N2O4S. The van der Waals surface area contributed by atoms with E-state index < -0.39 is 12.0 Å². The van der Waals surface area contributed by atoms with E-state index in [9.17, 15) is 9.59 Å². The second kappa shape index (κ2) is 9.19. The van der Waals surface area contributed by atoms with Crippen LogP contribution in [-0.4, -0.2) is 24.8 Å². The second-order valence-corrected chi connectivity index (χ2v) is 9.18. The van der Waals surface area contributed by atoms with Crippen molar-refractivity contribution in [2.24, 2.45) is 4.99 Å². The van der Waals surface area contributed by atoms with E-state index in [1.54, 1.807) is 18.6 Å². The van der Waals surface area contributed by atoms with Crippen LogP contribution >= 0.6 is 11.3 Å². The van der Waals surface area contributed by atoms with Crippen LogP contribution in [0, 0.1) is 0 Å². The summed E-state index contributed by atoms with van der Waals surface area (Å²) in [5, 5.41) is 0. The molecule has 0 fully saturated rings. The quantitative estimate of drug-likeness (QED) is 0.544. The van der Waals surface area contributed by atoms with Gasteiger partial charge in [0.2, 0.25) is 0 Å². The summed E-state index contributed by atoms with van der Waals surface area (Å²) in [5.74, 6) is 0.637. The highest BCUT2D eigenvalue weighted by atomic mass is 32.1. The molecule has 0 saturated carbocycles. The first-order valence-corrected chi connectivity index (χ1v) is 11.5. The van der Waals surface area contributed by atoms with Crippen molar-refractivity contribution in [3.8, 4) is 5.75 Å². The van der Waals surface area contributed by atoms with E-state index >= 15 is 0 Å². The molecule has 0 saturated heterocycles. The number of ether oxygens (including phenoxy) is 2. The Morgan fingerprint density at radius 2 is 1.76 bits per heavy atom. The van der Waals surface area contributed by atoms with E-state index in [0.29, 0.717) is 26.5 Å². The number of esters is 1. The van der Waals surface area contributed by atoms with Gasteiger partial charge in [-0.3, -0.25) is 9.36 Å². The Morgan fingerprint density at radius 1 is 1.09 bits per heavy atom. The highest BCUT2D eigenvalue weighted by molar-refractivity contribution is 7.07. The molecule has 33 heavy (non-hydrogen) atoms. The van der Waals surface area contributed by atoms with Crippen molar-refractivity contribution >= 4 is 23.4 Å². The molecule has 0 amide bonds. The van der Waals surface area contributed by atoms with Crippen LogP contribution in [0.4, 0.5) is 0 Å². The molecule has 0 N–H and O–H groups in total. The van der Waals surface area contributed by atoms with Crippen molar-refractivity contribution in [1.29, 1.82) is 0 Å². The number of carbonyl (C=O) groups is 1. The molecule has 4 rings (SSSR count). The number of fused-ring (bicyclic) bond motifs is 1. The zero-order valence-corrected chi connectivity index (χ0v) is 20.1. The van der Waals surface area contributed by atoms with Gasteiger partial charge in [-0.25, -0.2) is 9.79 Å². The Morgan fingerprint density at radius 3 is 2.33 bits per heavy atom. The van der Waals surface area contributed by atoms with Gasteiger partial charge in [0, 0.05) is 0 Å². The van der Waals surface area contributed by atoms with E-state index in [4.69, 9.17) is 9.47 Å². The molecule has 3 aromatic rings. The fourth-order valence-corrected chi connectivity index (χ4v) is 4.97. The van der Waals surface area contributed by atoms with Crippen molar-refractivity contribution < 1.29 is 14.3 Å². The predicted octanol–water partition coefficient (Wildman–Crippen LogP) is 3.54. The van der Waals surface area contributed by atoms with Gasteiger partial charge in [-0.15, -0.1) is 0 Å². The summed E-state index contributed by atoms with van der Waals surface area (Å²) >= 11 is 1.31. The SMILES string of the molecule is COC(=O)C1=C(C)N=c2s/c(=C\c3ccc(OC)cc3)c(=O)n2C1c1ccc(C(C)C)cc1. The summed E-state index contributed by atoms with van der Waals surface area (Å²) in [6, 6.07) is 14.9. The molecule has 1 aromatic heterocycles. The van der Waals surface area contributed by atoms with Gasteiger partial charge in [0.1, 0.15) is 5.75 Å². The van der Waals surface area contributed by atoms with Crippen molar-refractivity contribution in [3.63, 3.8) is 0 Å². The van der Waals surface area contributed by atoms with Crippen LogP contribution in [0.15, 0.2) is 69.6 Å². The third-order valence-corrected chi connectivity index (χ3v) is 6.74. The lowest BCUT2D eigenvalue weighted by molar-refractivity contribution is -0.136. The van der Waals surface area contributed by atoms with Crippen LogP contribution in [0.1, 0.15) is 49.4 Å². The molecule has 1 atom stereocenters. The van der Waals surface area contributed by atoms with Crippen LogP contribution in [0.5, 0.6) is 5.75 Å². The van der Waals surface area contributed by atoms with Gasteiger partial charge >= 0.3 is 5.97 Å². The standard InChI is InChI=1S/C26H26N2O4S/c1-15(2)18-8-10-19(11-9-18)23-22(25(30)32-5)16(3)27-26-28(23)24(29)21(33-26)14-17-6-12-20(31-4)13-7-17/h6-15,23H,1-5H3/b21-14-. The van der Waals surface area contributed by atoms with Crippen LogP contribution in [0.2, 0.25) is 0 Å². The zero-order chi connectivity index (χ0) is 23.7. The van der Waals surface area contributed by atoms with Crippen LogP contribution in [0.25, 0.3) is 6.08 Å². The molecule has 1 aliphatic heterocycles. The summed E-state index contributed by atoms with van der Waals surface area (Å²) in [6.45, 7) is 6.03. The van der Waals surface area contributed by atoms with Crippen LogP contribution in [0.3, 0.4) is 0 Å². The van der Waals surface area contributed by atoms with Gasteiger partial charge in [0.25, 0.3) is 5.56 Å². The minimum absolute atomic E-state index is 0.193. The minimum atomic E-state index is -0.604. The molecule has 2 heterocycles. The molecule has 1 aliphatic rings. The molecule has 0 spiro atoms.